The Morgan fingerprint density at radius 3 is 2.43 bits per heavy atom. The monoisotopic (exact) mass is 384 g/mol. The van der Waals surface area contributed by atoms with Gasteiger partial charge in [-0.1, -0.05) is 12.1 Å². The van der Waals surface area contributed by atoms with E-state index < -0.39 is 6.04 Å². The number of ether oxygens (including phenoxy) is 3. The summed E-state index contributed by atoms with van der Waals surface area (Å²) in [6.07, 6.45) is 0.0636. The van der Waals surface area contributed by atoms with Crippen molar-refractivity contribution in [3.8, 4) is 17.2 Å². The van der Waals surface area contributed by atoms with Crippen LogP contribution in [0.25, 0.3) is 0 Å². The molecule has 7 nitrogen and oxygen atoms in total. The molecule has 0 bridgehead atoms. The van der Waals surface area contributed by atoms with Crippen LogP contribution in [-0.2, 0) is 9.59 Å². The second-order valence-corrected chi connectivity index (χ2v) is 6.17. The molecule has 1 aliphatic rings. The third-order valence-corrected chi connectivity index (χ3v) is 4.36. The number of hydrogen-bond donors (Lipinski definition) is 1. The van der Waals surface area contributed by atoms with Gasteiger partial charge in [0.1, 0.15) is 11.8 Å². The van der Waals surface area contributed by atoms with Gasteiger partial charge in [0.2, 0.25) is 5.91 Å². The van der Waals surface area contributed by atoms with Crippen molar-refractivity contribution in [3.05, 3.63) is 42.5 Å². The van der Waals surface area contributed by atoms with Crippen molar-refractivity contribution < 1.29 is 23.8 Å². The predicted octanol–water partition coefficient (Wildman–Crippen LogP) is 3.24. The summed E-state index contributed by atoms with van der Waals surface area (Å²) in [5, 5.41) is 3.14. The van der Waals surface area contributed by atoms with Gasteiger partial charge < -0.3 is 19.5 Å². The normalized spacial score (nSPS) is 16.2. The quantitative estimate of drug-likeness (QED) is 0.704. The topological polar surface area (TPSA) is 77.1 Å². The average molecular weight is 384 g/mol. The number of nitrogens with one attached hydrogen (secondary N) is 1. The fourth-order valence-corrected chi connectivity index (χ4v) is 3.15. The van der Waals surface area contributed by atoms with Crippen LogP contribution in [0.2, 0.25) is 0 Å². The summed E-state index contributed by atoms with van der Waals surface area (Å²) in [4.78, 5) is 26.6. The minimum atomic E-state index is -0.662. The van der Waals surface area contributed by atoms with Crippen LogP contribution in [-0.4, -0.2) is 38.2 Å². The van der Waals surface area contributed by atoms with Gasteiger partial charge in [-0.25, -0.2) is 4.90 Å². The number of imide groups is 1. The van der Waals surface area contributed by atoms with Crippen LogP contribution in [0.1, 0.15) is 20.3 Å². The van der Waals surface area contributed by atoms with Crippen molar-refractivity contribution in [2.75, 3.05) is 30.5 Å². The fourth-order valence-electron chi connectivity index (χ4n) is 3.15. The van der Waals surface area contributed by atoms with Crippen molar-refractivity contribution in [3.63, 3.8) is 0 Å². The zero-order valence-electron chi connectivity index (χ0n) is 16.2. The van der Waals surface area contributed by atoms with Gasteiger partial charge in [0.05, 0.1) is 32.4 Å². The van der Waals surface area contributed by atoms with Gasteiger partial charge >= 0.3 is 0 Å². The molecule has 0 aromatic heterocycles. The van der Waals surface area contributed by atoms with E-state index in [9.17, 15) is 9.59 Å². The predicted molar refractivity (Wildman–Crippen MR) is 106 cm³/mol. The SMILES string of the molecule is CCOc1ccc(N[C@H]2CC(=O)N(c3ccccc3OC)C2=O)cc1OCC. The van der Waals surface area contributed by atoms with Crippen molar-refractivity contribution in [1.29, 1.82) is 0 Å². The highest BCUT2D eigenvalue weighted by Crippen LogP contribution is 2.34. The second kappa shape index (κ2) is 8.65. The van der Waals surface area contributed by atoms with Crippen LogP contribution in [0.4, 0.5) is 11.4 Å². The Bertz CT molecular complexity index is 868. The lowest BCUT2D eigenvalue weighted by atomic mass is 10.2. The maximum atomic E-state index is 12.9. The molecule has 0 unspecified atom stereocenters. The van der Waals surface area contributed by atoms with Crippen LogP contribution in [0.5, 0.6) is 17.2 Å². The number of methoxy groups -OCH3 is 1. The lowest BCUT2D eigenvalue weighted by Gasteiger charge is -2.19. The molecule has 28 heavy (non-hydrogen) atoms. The lowest BCUT2D eigenvalue weighted by Crippen LogP contribution is -2.35. The minimum Gasteiger partial charge on any atom is -0.495 e. The maximum Gasteiger partial charge on any atom is 0.256 e. The Morgan fingerprint density at radius 2 is 1.71 bits per heavy atom. The van der Waals surface area contributed by atoms with Crippen LogP contribution in [0.3, 0.4) is 0 Å². The molecule has 1 N–H and O–H groups in total. The summed E-state index contributed by atoms with van der Waals surface area (Å²) in [6.45, 7) is 4.81. The molecule has 1 aliphatic heterocycles. The Labute approximate surface area is 164 Å². The molecule has 1 fully saturated rings. The maximum absolute atomic E-state index is 12.9. The fraction of sp³-hybridized carbons (Fsp3) is 0.333. The zero-order chi connectivity index (χ0) is 20.1. The zero-order valence-corrected chi connectivity index (χ0v) is 16.2. The van der Waals surface area contributed by atoms with E-state index in [1.54, 1.807) is 42.5 Å². The van der Waals surface area contributed by atoms with Gasteiger partial charge in [0.15, 0.2) is 11.5 Å². The van der Waals surface area contributed by atoms with E-state index in [-0.39, 0.29) is 18.2 Å². The molecule has 1 atom stereocenters. The van der Waals surface area contributed by atoms with E-state index in [4.69, 9.17) is 14.2 Å². The smallest absolute Gasteiger partial charge is 0.256 e. The van der Waals surface area contributed by atoms with Crippen molar-refractivity contribution in [2.24, 2.45) is 0 Å². The summed E-state index contributed by atoms with van der Waals surface area (Å²) >= 11 is 0. The molecule has 7 heteroatoms. The molecule has 2 aromatic carbocycles. The Morgan fingerprint density at radius 1 is 1.00 bits per heavy atom. The van der Waals surface area contributed by atoms with Crippen LogP contribution in [0.15, 0.2) is 42.5 Å². The average Bonchev–Trinajstić information content (AvgIpc) is 2.97. The first-order valence-electron chi connectivity index (χ1n) is 9.25. The summed E-state index contributed by atoms with van der Waals surface area (Å²) in [6, 6.07) is 11.7. The lowest BCUT2D eigenvalue weighted by molar-refractivity contribution is -0.121. The van der Waals surface area contributed by atoms with E-state index in [0.29, 0.717) is 41.8 Å². The number of anilines is 2. The molecule has 0 saturated carbocycles. The molecule has 1 heterocycles. The van der Waals surface area contributed by atoms with Crippen molar-refractivity contribution >= 4 is 23.2 Å². The number of amides is 2. The van der Waals surface area contributed by atoms with Gasteiger partial charge in [-0.2, -0.15) is 0 Å². The Balaban J connectivity index is 1.81. The standard InChI is InChI=1S/C21H24N2O5/c1-4-27-18-11-10-14(12-19(18)28-5-2)22-15-13-20(24)23(21(15)25)16-8-6-7-9-17(16)26-3/h6-12,15,22H,4-5,13H2,1-3H3/t15-/m0/s1. The van der Waals surface area contributed by atoms with Gasteiger partial charge in [0, 0.05) is 11.8 Å². The van der Waals surface area contributed by atoms with Crippen LogP contribution < -0.4 is 24.4 Å². The van der Waals surface area contributed by atoms with Crippen LogP contribution >= 0.6 is 0 Å². The van der Waals surface area contributed by atoms with Gasteiger partial charge in [-0.3, -0.25) is 9.59 Å². The Kier molecular flexibility index (Phi) is 6.03. The molecule has 1 saturated heterocycles. The van der Waals surface area contributed by atoms with Gasteiger partial charge in [-0.05, 0) is 38.1 Å². The molecule has 148 valence electrons. The summed E-state index contributed by atoms with van der Waals surface area (Å²) < 4.78 is 16.5. The highest BCUT2D eigenvalue weighted by Gasteiger charge is 2.40. The number of rotatable bonds is 8. The van der Waals surface area contributed by atoms with E-state index in [2.05, 4.69) is 5.32 Å². The molecule has 0 aliphatic carbocycles. The molecule has 2 amide bonds. The Hall–Kier alpha value is -3.22. The van der Waals surface area contributed by atoms with Crippen LogP contribution in [0, 0.1) is 0 Å². The third-order valence-electron chi connectivity index (χ3n) is 4.36. The van der Waals surface area contributed by atoms with E-state index in [1.165, 1.54) is 12.0 Å². The van der Waals surface area contributed by atoms with Crippen molar-refractivity contribution in [1.82, 2.24) is 0 Å². The van der Waals surface area contributed by atoms with E-state index >= 15 is 0 Å². The highest BCUT2D eigenvalue weighted by atomic mass is 16.5. The number of benzene rings is 2. The van der Waals surface area contributed by atoms with E-state index in [1.807, 2.05) is 13.8 Å². The molecule has 0 spiro atoms. The number of hydrogen-bond acceptors (Lipinski definition) is 6. The first-order valence-corrected chi connectivity index (χ1v) is 9.25. The summed E-state index contributed by atoms with van der Waals surface area (Å²) in [5.41, 5.74) is 1.13. The number of nitrogens with zero attached hydrogens (tertiary/aromatic N) is 1. The molecule has 0 radical (unpaired) electrons. The molecular formula is C21H24N2O5. The number of para-hydroxylation sites is 2. The largest absolute Gasteiger partial charge is 0.495 e. The molecular weight excluding hydrogens is 360 g/mol. The first-order chi connectivity index (χ1) is 13.6. The number of carbonyl (C=O) groups excluding carboxylic acids is 2. The second-order valence-electron chi connectivity index (χ2n) is 6.17. The van der Waals surface area contributed by atoms with Gasteiger partial charge in [-0.15, -0.1) is 0 Å². The third kappa shape index (κ3) is 3.88. The first kappa shape index (κ1) is 19.5. The molecule has 3 rings (SSSR count). The summed E-state index contributed by atoms with van der Waals surface area (Å²) in [7, 11) is 1.51. The minimum absolute atomic E-state index is 0.0636. The van der Waals surface area contributed by atoms with E-state index in [0.717, 1.165) is 0 Å². The van der Waals surface area contributed by atoms with Crippen molar-refractivity contribution in [2.45, 2.75) is 26.3 Å². The highest BCUT2D eigenvalue weighted by molar-refractivity contribution is 6.23. The summed E-state index contributed by atoms with van der Waals surface area (Å²) in [5.74, 6) is 1.11. The van der Waals surface area contributed by atoms with Gasteiger partial charge in [0.25, 0.3) is 5.91 Å². The molecule has 2 aromatic rings. The number of carbonyl (C=O) groups is 2.